The van der Waals surface area contributed by atoms with Crippen LogP contribution in [0.3, 0.4) is 0 Å². The maximum atomic E-state index is 12.1. The van der Waals surface area contributed by atoms with Gasteiger partial charge in [0.25, 0.3) is 5.91 Å². The summed E-state index contributed by atoms with van der Waals surface area (Å²) >= 11 is 0. The second-order valence-corrected chi connectivity index (χ2v) is 4.85. The smallest absolute Gasteiger partial charge is 0.316 e. The predicted molar refractivity (Wildman–Crippen MR) is 51.3 cm³/mol. The third-order valence-corrected chi connectivity index (χ3v) is 3.92. The van der Waals surface area contributed by atoms with Crippen LogP contribution in [0.4, 0.5) is 4.79 Å². The topological polar surface area (TPSA) is 93.7 Å². The fraction of sp³-hybridized carbons (Fsp3) is 0.714. The molecule has 1 aliphatic heterocycles. The highest BCUT2D eigenvalue weighted by molar-refractivity contribution is 7.55. The van der Waals surface area contributed by atoms with Crippen LogP contribution < -0.4 is 10.6 Å². The van der Waals surface area contributed by atoms with Gasteiger partial charge in [-0.15, -0.1) is 0 Å². The van der Waals surface area contributed by atoms with E-state index in [1.165, 1.54) is 0 Å². The molecule has 15 heavy (non-hydrogen) atoms. The average Bonchev–Trinajstić information content (AvgIpc) is 2.46. The first-order chi connectivity index (χ1) is 7.03. The number of carbonyl (C=O) groups is 2. The Morgan fingerprint density at radius 1 is 1.27 bits per heavy atom. The standard InChI is InChI=1S/C7H13N2O5P/c1-3-13-15(12,14-4-2)6-5(10)8-7(11)9-6/h6H,3-4H2,1-2H3,(H2,8,9,10,11). The third kappa shape index (κ3) is 2.56. The minimum absolute atomic E-state index is 0.136. The highest BCUT2D eigenvalue weighted by Gasteiger charge is 2.46. The summed E-state index contributed by atoms with van der Waals surface area (Å²) in [4.78, 5) is 22.1. The number of hydrogen-bond acceptors (Lipinski definition) is 5. The van der Waals surface area contributed by atoms with Crippen LogP contribution in [0, 0.1) is 0 Å². The molecule has 0 aromatic heterocycles. The first-order valence-corrected chi connectivity index (χ1v) is 6.14. The van der Waals surface area contributed by atoms with Crippen molar-refractivity contribution >= 4 is 19.5 Å². The first kappa shape index (κ1) is 12.2. The zero-order valence-electron chi connectivity index (χ0n) is 8.48. The fourth-order valence-corrected chi connectivity index (χ4v) is 2.89. The van der Waals surface area contributed by atoms with Crippen molar-refractivity contribution in [2.45, 2.75) is 19.6 Å². The van der Waals surface area contributed by atoms with Crippen molar-refractivity contribution in [3.05, 3.63) is 0 Å². The third-order valence-electron chi connectivity index (χ3n) is 1.69. The molecule has 7 nitrogen and oxygen atoms in total. The number of hydrogen-bond donors (Lipinski definition) is 2. The zero-order chi connectivity index (χ0) is 11.5. The monoisotopic (exact) mass is 236 g/mol. The van der Waals surface area contributed by atoms with E-state index in [-0.39, 0.29) is 13.2 Å². The molecule has 0 aromatic rings. The highest BCUT2D eigenvalue weighted by atomic mass is 31.2. The molecule has 0 aliphatic carbocycles. The Labute approximate surface area is 87.0 Å². The molecule has 0 saturated carbocycles. The molecule has 0 spiro atoms. The summed E-state index contributed by atoms with van der Waals surface area (Å²) in [6.07, 6.45) is 0. The molecule has 0 aromatic carbocycles. The molecule has 1 heterocycles. The average molecular weight is 236 g/mol. The maximum Gasteiger partial charge on any atom is 0.362 e. The van der Waals surface area contributed by atoms with Gasteiger partial charge < -0.3 is 14.4 Å². The molecule has 3 amide bonds. The van der Waals surface area contributed by atoms with Crippen molar-refractivity contribution in [3.63, 3.8) is 0 Å². The van der Waals surface area contributed by atoms with Crippen LogP contribution in [0.15, 0.2) is 0 Å². The van der Waals surface area contributed by atoms with E-state index in [1.807, 2.05) is 5.32 Å². The molecule has 1 fully saturated rings. The largest absolute Gasteiger partial charge is 0.362 e. The van der Waals surface area contributed by atoms with Crippen molar-refractivity contribution < 1.29 is 23.2 Å². The summed E-state index contributed by atoms with van der Waals surface area (Å²) in [5, 5.41) is 4.17. The van der Waals surface area contributed by atoms with E-state index in [0.717, 1.165) is 0 Å². The Morgan fingerprint density at radius 2 is 1.80 bits per heavy atom. The molecule has 0 radical (unpaired) electrons. The van der Waals surface area contributed by atoms with E-state index in [0.29, 0.717) is 0 Å². The van der Waals surface area contributed by atoms with Crippen LogP contribution in [-0.2, 0) is 18.4 Å². The van der Waals surface area contributed by atoms with Crippen LogP contribution in [-0.4, -0.2) is 30.9 Å². The van der Waals surface area contributed by atoms with Crippen molar-refractivity contribution in [2.24, 2.45) is 0 Å². The molecule has 1 rings (SSSR count). The summed E-state index contributed by atoms with van der Waals surface area (Å²) in [6.45, 7) is 3.52. The van der Waals surface area contributed by atoms with Gasteiger partial charge in [0.1, 0.15) is 0 Å². The lowest BCUT2D eigenvalue weighted by molar-refractivity contribution is -0.118. The van der Waals surface area contributed by atoms with Crippen molar-refractivity contribution in [1.29, 1.82) is 0 Å². The highest BCUT2D eigenvalue weighted by Crippen LogP contribution is 2.52. The maximum absolute atomic E-state index is 12.1. The summed E-state index contributed by atoms with van der Waals surface area (Å²) in [6, 6.07) is -0.690. The van der Waals surface area contributed by atoms with Crippen LogP contribution in [0.25, 0.3) is 0 Å². The van der Waals surface area contributed by atoms with Crippen LogP contribution in [0.5, 0.6) is 0 Å². The predicted octanol–water partition coefficient (Wildman–Crippen LogP) is 0.418. The Bertz CT molecular complexity index is 309. The Morgan fingerprint density at radius 3 is 2.13 bits per heavy atom. The molecule has 86 valence electrons. The molecule has 0 bridgehead atoms. The SMILES string of the molecule is CCOP(=O)(OCC)C1NC(=O)NC1=O. The normalized spacial score (nSPS) is 21.3. The minimum atomic E-state index is -3.60. The van der Waals surface area contributed by atoms with Crippen molar-refractivity contribution in [1.82, 2.24) is 10.6 Å². The van der Waals surface area contributed by atoms with Crippen molar-refractivity contribution in [2.75, 3.05) is 13.2 Å². The van der Waals surface area contributed by atoms with E-state index >= 15 is 0 Å². The molecule has 1 atom stereocenters. The summed E-state index contributed by atoms with van der Waals surface area (Å²) in [7, 11) is -3.60. The van der Waals surface area contributed by atoms with Gasteiger partial charge >= 0.3 is 13.6 Å². The van der Waals surface area contributed by atoms with E-state index in [2.05, 4.69) is 5.32 Å². The number of imide groups is 1. The second kappa shape index (κ2) is 4.74. The molecule has 2 N–H and O–H groups in total. The molecule has 1 unspecified atom stereocenters. The van der Waals surface area contributed by atoms with Crippen LogP contribution in [0.2, 0.25) is 0 Å². The summed E-state index contributed by atoms with van der Waals surface area (Å²) in [5.41, 5.74) is 0. The van der Waals surface area contributed by atoms with Gasteiger partial charge in [0.2, 0.25) is 5.78 Å². The lowest BCUT2D eigenvalue weighted by Gasteiger charge is -2.20. The van der Waals surface area contributed by atoms with Gasteiger partial charge in [0.15, 0.2) is 0 Å². The lowest BCUT2D eigenvalue weighted by Crippen LogP contribution is -2.30. The molecule has 1 aliphatic rings. The fourth-order valence-electron chi connectivity index (χ4n) is 1.17. The van der Waals surface area contributed by atoms with Gasteiger partial charge in [0, 0.05) is 0 Å². The van der Waals surface area contributed by atoms with Crippen LogP contribution in [0.1, 0.15) is 13.8 Å². The molecular weight excluding hydrogens is 223 g/mol. The van der Waals surface area contributed by atoms with E-state index in [9.17, 15) is 14.2 Å². The van der Waals surface area contributed by atoms with Gasteiger partial charge in [0.05, 0.1) is 13.2 Å². The summed E-state index contributed by atoms with van der Waals surface area (Å²) < 4.78 is 21.9. The number of carbonyl (C=O) groups excluding carboxylic acids is 2. The molecular formula is C7H13N2O5P. The van der Waals surface area contributed by atoms with E-state index in [1.54, 1.807) is 13.8 Å². The zero-order valence-corrected chi connectivity index (χ0v) is 9.37. The quantitative estimate of drug-likeness (QED) is 0.533. The summed E-state index contributed by atoms with van der Waals surface area (Å²) in [5.74, 6) is -1.94. The second-order valence-electron chi connectivity index (χ2n) is 2.74. The van der Waals surface area contributed by atoms with Gasteiger partial charge in [-0.05, 0) is 13.8 Å². The van der Waals surface area contributed by atoms with Crippen molar-refractivity contribution in [3.8, 4) is 0 Å². The van der Waals surface area contributed by atoms with Gasteiger partial charge in [-0.2, -0.15) is 0 Å². The molecule has 8 heteroatoms. The van der Waals surface area contributed by atoms with Crippen LogP contribution >= 0.6 is 7.60 Å². The number of amides is 3. The Hall–Kier alpha value is -0.910. The van der Waals surface area contributed by atoms with Gasteiger partial charge in [-0.1, -0.05) is 0 Å². The minimum Gasteiger partial charge on any atom is -0.316 e. The first-order valence-electron chi connectivity index (χ1n) is 4.53. The molecule has 1 saturated heterocycles. The van der Waals surface area contributed by atoms with Gasteiger partial charge in [-0.3, -0.25) is 14.7 Å². The number of urea groups is 1. The van der Waals surface area contributed by atoms with E-state index in [4.69, 9.17) is 9.05 Å². The number of nitrogens with one attached hydrogen (secondary N) is 2. The Kier molecular flexibility index (Phi) is 3.84. The van der Waals surface area contributed by atoms with E-state index < -0.39 is 25.3 Å². The lowest BCUT2D eigenvalue weighted by atomic mass is 10.6. The Balaban J connectivity index is 2.84. The van der Waals surface area contributed by atoms with Gasteiger partial charge in [-0.25, -0.2) is 4.79 Å². The number of rotatable bonds is 5.